The number of anilines is 1. The second kappa shape index (κ2) is 7.79. The van der Waals surface area contributed by atoms with Gasteiger partial charge in [0.1, 0.15) is 0 Å². The van der Waals surface area contributed by atoms with Crippen LogP contribution in [-0.2, 0) is 16.6 Å². The molecule has 0 bridgehead atoms. The highest BCUT2D eigenvalue weighted by Gasteiger charge is 2.23. The molecule has 3 rings (SSSR count). The summed E-state index contributed by atoms with van der Waals surface area (Å²) in [6.07, 6.45) is 1.69. The highest BCUT2D eigenvalue weighted by atomic mass is 32.2. The average Bonchev–Trinajstić information content (AvgIpc) is 3.11. The van der Waals surface area contributed by atoms with E-state index in [-0.39, 0.29) is 10.5 Å². The average molecular weight is 407 g/mol. The molecule has 0 atom stereocenters. The maximum absolute atomic E-state index is 12.8. The van der Waals surface area contributed by atoms with Gasteiger partial charge in [-0.25, -0.2) is 13.4 Å². The molecule has 2 heterocycles. The predicted molar refractivity (Wildman–Crippen MR) is 108 cm³/mol. The van der Waals surface area contributed by atoms with Crippen LogP contribution >= 0.6 is 11.3 Å². The topological polar surface area (TPSA) is 83.8 Å². The monoisotopic (exact) mass is 406 g/mol. The molecule has 3 aromatic rings. The van der Waals surface area contributed by atoms with Crippen molar-refractivity contribution in [3.8, 4) is 0 Å². The van der Waals surface area contributed by atoms with Crippen LogP contribution in [0.1, 0.15) is 25.1 Å². The van der Waals surface area contributed by atoms with E-state index in [1.165, 1.54) is 26.1 Å². The Balaban J connectivity index is 1.86. The summed E-state index contributed by atoms with van der Waals surface area (Å²) in [6, 6.07) is 6.73. The van der Waals surface area contributed by atoms with Gasteiger partial charge in [-0.15, -0.1) is 11.3 Å². The number of fused-ring (bicyclic) bond motifs is 1. The number of sulfonamides is 1. The molecule has 9 heteroatoms. The van der Waals surface area contributed by atoms with E-state index < -0.39 is 10.0 Å². The number of aromatic nitrogens is 2. The Morgan fingerprint density at radius 1 is 1.22 bits per heavy atom. The van der Waals surface area contributed by atoms with Gasteiger partial charge in [0.2, 0.25) is 10.0 Å². The lowest BCUT2D eigenvalue weighted by Gasteiger charge is -2.20. The number of aryl methyl sites for hydroxylation is 1. The lowest BCUT2D eigenvalue weighted by Crippen LogP contribution is -2.31. The first-order valence-electron chi connectivity index (χ1n) is 8.67. The summed E-state index contributed by atoms with van der Waals surface area (Å²) in [5.74, 6) is 0. The first-order chi connectivity index (χ1) is 12.9. The van der Waals surface area contributed by atoms with Crippen LogP contribution in [0.25, 0.3) is 4.96 Å². The van der Waals surface area contributed by atoms with Gasteiger partial charge in [0.25, 0.3) is 5.56 Å². The molecule has 1 N–H and O–H groups in total. The van der Waals surface area contributed by atoms with E-state index in [2.05, 4.69) is 10.3 Å². The number of hydrogen-bond donors (Lipinski definition) is 1. The SMILES string of the molecule is CCN(CC)S(=O)(=O)c1cc(NCc2cc(=O)n3ccsc3n2)ccc1C. The Labute approximate surface area is 162 Å². The van der Waals surface area contributed by atoms with Crippen molar-refractivity contribution in [1.29, 1.82) is 0 Å². The lowest BCUT2D eigenvalue weighted by molar-refractivity contribution is 0.445. The Kier molecular flexibility index (Phi) is 5.64. The fraction of sp³-hybridized carbons (Fsp3) is 0.333. The summed E-state index contributed by atoms with van der Waals surface area (Å²) in [6.45, 7) is 6.60. The van der Waals surface area contributed by atoms with E-state index in [4.69, 9.17) is 0 Å². The molecular formula is C18H22N4O3S2. The zero-order valence-corrected chi connectivity index (χ0v) is 17.1. The first kappa shape index (κ1) is 19.5. The summed E-state index contributed by atoms with van der Waals surface area (Å²) in [7, 11) is -3.54. The van der Waals surface area contributed by atoms with Gasteiger partial charge in [0, 0.05) is 36.4 Å². The Morgan fingerprint density at radius 2 is 1.96 bits per heavy atom. The number of nitrogens with one attached hydrogen (secondary N) is 1. The van der Waals surface area contributed by atoms with E-state index in [1.54, 1.807) is 25.3 Å². The minimum absolute atomic E-state index is 0.133. The predicted octanol–water partition coefficient (Wildman–Crippen LogP) is 2.71. The molecule has 27 heavy (non-hydrogen) atoms. The molecule has 1 aromatic carbocycles. The molecule has 0 aliphatic heterocycles. The van der Waals surface area contributed by atoms with E-state index in [0.29, 0.717) is 41.5 Å². The second-order valence-corrected chi connectivity index (χ2v) is 8.84. The number of hydrogen-bond acceptors (Lipinski definition) is 6. The highest BCUT2D eigenvalue weighted by molar-refractivity contribution is 7.89. The quantitative estimate of drug-likeness (QED) is 0.652. The molecule has 2 aromatic heterocycles. The van der Waals surface area contributed by atoms with Crippen LogP contribution in [0.2, 0.25) is 0 Å². The largest absolute Gasteiger partial charge is 0.379 e. The van der Waals surface area contributed by atoms with Gasteiger partial charge in [0.05, 0.1) is 17.1 Å². The number of benzene rings is 1. The van der Waals surface area contributed by atoms with Gasteiger partial charge in [-0.2, -0.15) is 4.31 Å². The Morgan fingerprint density at radius 3 is 2.67 bits per heavy atom. The standard InChI is InChI=1S/C18H22N4O3S2/c1-4-21(5-2)27(24,25)16-10-14(7-6-13(16)3)19-12-15-11-17(23)22-8-9-26-18(22)20-15/h6-11,19H,4-5,12H2,1-3H3. The third-order valence-electron chi connectivity index (χ3n) is 4.34. The molecule has 0 fully saturated rings. The van der Waals surface area contributed by atoms with Gasteiger partial charge in [-0.1, -0.05) is 19.9 Å². The van der Waals surface area contributed by atoms with E-state index >= 15 is 0 Å². The summed E-state index contributed by atoms with van der Waals surface area (Å²) in [4.78, 5) is 17.4. The third-order valence-corrected chi connectivity index (χ3v) is 7.29. The van der Waals surface area contributed by atoms with Crippen molar-refractivity contribution in [3.05, 3.63) is 57.5 Å². The van der Waals surface area contributed by atoms with Gasteiger partial charge < -0.3 is 5.32 Å². The van der Waals surface area contributed by atoms with Crippen molar-refractivity contribution in [2.45, 2.75) is 32.2 Å². The van der Waals surface area contributed by atoms with E-state index in [9.17, 15) is 13.2 Å². The van der Waals surface area contributed by atoms with E-state index in [1.807, 2.05) is 25.3 Å². The van der Waals surface area contributed by atoms with Crippen LogP contribution in [0.4, 0.5) is 5.69 Å². The van der Waals surface area contributed by atoms with Crippen LogP contribution in [-0.4, -0.2) is 35.2 Å². The molecular weight excluding hydrogens is 384 g/mol. The van der Waals surface area contributed by atoms with Gasteiger partial charge >= 0.3 is 0 Å². The summed E-state index contributed by atoms with van der Waals surface area (Å²) >= 11 is 1.39. The molecule has 7 nitrogen and oxygen atoms in total. The van der Waals surface area contributed by atoms with Crippen LogP contribution < -0.4 is 10.9 Å². The maximum Gasteiger partial charge on any atom is 0.258 e. The molecule has 0 unspecified atom stereocenters. The summed E-state index contributed by atoms with van der Waals surface area (Å²) in [5, 5.41) is 4.98. The van der Waals surface area contributed by atoms with Crippen LogP contribution in [0.5, 0.6) is 0 Å². The van der Waals surface area contributed by atoms with Crippen molar-refractivity contribution < 1.29 is 8.42 Å². The van der Waals surface area contributed by atoms with Crippen molar-refractivity contribution in [2.24, 2.45) is 0 Å². The fourth-order valence-corrected chi connectivity index (χ4v) is 5.31. The highest BCUT2D eigenvalue weighted by Crippen LogP contribution is 2.24. The van der Waals surface area contributed by atoms with Crippen molar-refractivity contribution in [3.63, 3.8) is 0 Å². The molecule has 0 amide bonds. The summed E-state index contributed by atoms with van der Waals surface area (Å²) in [5.41, 5.74) is 1.84. The fourth-order valence-electron chi connectivity index (χ4n) is 2.86. The Bertz CT molecular complexity index is 1120. The van der Waals surface area contributed by atoms with Crippen molar-refractivity contribution >= 4 is 32.0 Å². The van der Waals surface area contributed by atoms with Gasteiger partial charge in [-0.3, -0.25) is 9.20 Å². The first-order valence-corrected chi connectivity index (χ1v) is 11.0. The zero-order chi connectivity index (χ0) is 19.6. The minimum atomic E-state index is -3.54. The molecule has 0 spiro atoms. The smallest absolute Gasteiger partial charge is 0.258 e. The normalized spacial score (nSPS) is 12.0. The summed E-state index contributed by atoms with van der Waals surface area (Å²) < 4.78 is 28.6. The van der Waals surface area contributed by atoms with Crippen molar-refractivity contribution in [1.82, 2.24) is 13.7 Å². The minimum Gasteiger partial charge on any atom is -0.379 e. The van der Waals surface area contributed by atoms with Crippen LogP contribution in [0, 0.1) is 6.92 Å². The maximum atomic E-state index is 12.8. The van der Waals surface area contributed by atoms with Crippen molar-refractivity contribution in [2.75, 3.05) is 18.4 Å². The zero-order valence-electron chi connectivity index (χ0n) is 15.5. The third kappa shape index (κ3) is 3.90. The van der Waals surface area contributed by atoms with Gasteiger partial charge in [-0.05, 0) is 24.6 Å². The molecule has 0 aliphatic rings. The van der Waals surface area contributed by atoms with Gasteiger partial charge in [0.15, 0.2) is 4.96 Å². The lowest BCUT2D eigenvalue weighted by atomic mass is 10.2. The van der Waals surface area contributed by atoms with E-state index in [0.717, 1.165) is 0 Å². The van der Waals surface area contributed by atoms with Crippen LogP contribution in [0.3, 0.4) is 0 Å². The second-order valence-electron chi connectivity index (χ2n) is 6.06. The molecule has 0 saturated carbocycles. The number of thiazole rings is 1. The van der Waals surface area contributed by atoms with Crippen LogP contribution in [0.15, 0.2) is 45.5 Å². The number of nitrogens with zero attached hydrogens (tertiary/aromatic N) is 3. The molecule has 0 aliphatic carbocycles. The number of rotatable bonds is 7. The Hall–Kier alpha value is -2.23. The molecule has 144 valence electrons. The molecule has 0 radical (unpaired) electrons. The molecule has 0 saturated heterocycles.